The monoisotopic (exact) mass is 439 g/mol. The van der Waals surface area contributed by atoms with E-state index in [1.807, 2.05) is 29.2 Å². The Morgan fingerprint density at radius 1 is 1.22 bits per heavy atom. The number of ether oxygens (including phenoxy) is 1. The molecule has 1 aliphatic heterocycles. The van der Waals surface area contributed by atoms with E-state index in [1.54, 1.807) is 12.4 Å². The molecule has 0 spiro atoms. The van der Waals surface area contributed by atoms with Gasteiger partial charge in [0.25, 0.3) is 5.91 Å². The lowest BCUT2D eigenvalue weighted by Crippen LogP contribution is -2.44. The van der Waals surface area contributed by atoms with Crippen molar-refractivity contribution in [3.63, 3.8) is 0 Å². The third kappa shape index (κ3) is 4.29. The van der Waals surface area contributed by atoms with Crippen LogP contribution >= 0.6 is 31.9 Å². The zero-order valence-corrected chi connectivity index (χ0v) is 15.5. The molecule has 0 radical (unpaired) electrons. The lowest BCUT2D eigenvalue weighted by atomic mass is 10.1. The van der Waals surface area contributed by atoms with Gasteiger partial charge < -0.3 is 9.64 Å². The minimum Gasteiger partial charge on any atom is -0.458 e. The van der Waals surface area contributed by atoms with E-state index in [1.165, 1.54) is 0 Å². The molecule has 1 aliphatic rings. The normalized spacial score (nSPS) is 17.8. The van der Waals surface area contributed by atoms with Crippen molar-refractivity contribution in [2.24, 2.45) is 0 Å². The van der Waals surface area contributed by atoms with Crippen molar-refractivity contribution in [3.8, 4) is 6.01 Å². The first-order chi connectivity index (χ1) is 11.1. The van der Waals surface area contributed by atoms with Crippen LogP contribution in [0.4, 0.5) is 0 Å². The van der Waals surface area contributed by atoms with Crippen LogP contribution in [0.1, 0.15) is 23.2 Å². The second-order valence-electron chi connectivity index (χ2n) is 5.33. The van der Waals surface area contributed by atoms with E-state index in [4.69, 9.17) is 4.74 Å². The zero-order chi connectivity index (χ0) is 16.2. The topological polar surface area (TPSA) is 55.3 Å². The summed E-state index contributed by atoms with van der Waals surface area (Å²) in [5, 5.41) is 0. The lowest BCUT2D eigenvalue weighted by molar-refractivity contribution is 0.0515. The SMILES string of the molecule is O=C(c1cccc(Br)c1)N1CCCC(Oc2ncc(Br)cn2)C1. The van der Waals surface area contributed by atoms with Gasteiger partial charge in [0.15, 0.2) is 0 Å². The van der Waals surface area contributed by atoms with Crippen LogP contribution in [0.3, 0.4) is 0 Å². The highest BCUT2D eigenvalue weighted by Crippen LogP contribution is 2.19. The van der Waals surface area contributed by atoms with Gasteiger partial charge >= 0.3 is 6.01 Å². The summed E-state index contributed by atoms with van der Waals surface area (Å²) in [6.07, 6.45) is 5.01. The van der Waals surface area contributed by atoms with E-state index >= 15 is 0 Å². The fourth-order valence-electron chi connectivity index (χ4n) is 2.53. The number of likely N-dealkylation sites (tertiary alicyclic amines) is 1. The summed E-state index contributed by atoms with van der Waals surface area (Å²) in [4.78, 5) is 22.7. The van der Waals surface area contributed by atoms with E-state index < -0.39 is 0 Å². The Hall–Kier alpha value is -1.47. The number of carbonyl (C=O) groups is 1. The van der Waals surface area contributed by atoms with Gasteiger partial charge in [0.2, 0.25) is 0 Å². The number of aromatic nitrogens is 2. The van der Waals surface area contributed by atoms with Gasteiger partial charge in [-0.3, -0.25) is 4.79 Å². The van der Waals surface area contributed by atoms with Crippen LogP contribution in [0.15, 0.2) is 45.6 Å². The first-order valence-electron chi connectivity index (χ1n) is 7.31. The van der Waals surface area contributed by atoms with Gasteiger partial charge in [0, 0.05) is 29.0 Å². The number of benzene rings is 1. The highest BCUT2D eigenvalue weighted by Gasteiger charge is 2.26. The Labute approximate surface area is 151 Å². The summed E-state index contributed by atoms with van der Waals surface area (Å²) in [7, 11) is 0. The number of piperidine rings is 1. The molecule has 0 saturated carbocycles. The molecule has 1 unspecified atom stereocenters. The molecule has 23 heavy (non-hydrogen) atoms. The van der Waals surface area contributed by atoms with Crippen molar-refractivity contribution in [2.45, 2.75) is 18.9 Å². The second-order valence-corrected chi connectivity index (χ2v) is 7.16. The molecule has 5 nitrogen and oxygen atoms in total. The van der Waals surface area contributed by atoms with E-state index in [0.29, 0.717) is 18.1 Å². The van der Waals surface area contributed by atoms with Crippen molar-refractivity contribution < 1.29 is 9.53 Å². The van der Waals surface area contributed by atoms with Crippen LogP contribution in [-0.4, -0.2) is 40.0 Å². The van der Waals surface area contributed by atoms with Crippen molar-refractivity contribution in [2.75, 3.05) is 13.1 Å². The lowest BCUT2D eigenvalue weighted by Gasteiger charge is -2.32. The maximum Gasteiger partial charge on any atom is 0.316 e. The molecule has 3 rings (SSSR count). The number of carbonyl (C=O) groups excluding carboxylic acids is 1. The average molecular weight is 441 g/mol. The number of amides is 1. The summed E-state index contributed by atoms with van der Waals surface area (Å²) in [5.74, 6) is 0.0244. The standard InChI is InChI=1S/C16H15Br2N3O2/c17-12-4-1-3-11(7-12)15(22)21-6-2-5-14(10-21)23-16-19-8-13(18)9-20-16/h1,3-4,7-9,14H,2,5-6,10H2. The third-order valence-electron chi connectivity index (χ3n) is 3.61. The van der Waals surface area contributed by atoms with Crippen molar-refractivity contribution >= 4 is 37.8 Å². The molecule has 0 N–H and O–H groups in total. The molecule has 0 bridgehead atoms. The van der Waals surface area contributed by atoms with Gasteiger partial charge in [0.1, 0.15) is 6.10 Å². The fraction of sp³-hybridized carbons (Fsp3) is 0.312. The molecule has 1 saturated heterocycles. The van der Waals surface area contributed by atoms with Crippen LogP contribution < -0.4 is 4.74 Å². The summed E-state index contributed by atoms with van der Waals surface area (Å²) in [5.41, 5.74) is 0.680. The average Bonchev–Trinajstić information content (AvgIpc) is 2.56. The highest BCUT2D eigenvalue weighted by molar-refractivity contribution is 9.10. The Morgan fingerprint density at radius 2 is 2.00 bits per heavy atom. The fourth-order valence-corrected chi connectivity index (χ4v) is 3.14. The van der Waals surface area contributed by atoms with Gasteiger partial charge in [-0.1, -0.05) is 22.0 Å². The molecular weight excluding hydrogens is 426 g/mol. The summed E-state index contributed by atoms with van der Waals surface area (Å²) in [6, 6.07) is 7.78. The highest BCUT2D eigenvalue weighted by atomic mass is 79.9. The largest absolute Gasteiger partial charge is 0.458 e. The van der Waals surface area contributed by atoms with Crippen LogP contribution in [0, 0.1) is 0 Å². The Balaban J connectivity index is 1.66. The summed E-state index contributed by atoms with van der Waals surface area (Å²) >= 11 is 6.69. The van der Waals surface area contributed by atoms with Gasteiger partial charge in [-0.15, -0.1) is 0 Å². The zero-order valence-electron chi connectivity index (χ0n) is 12.3. The number of rotatable bonds is 3. The van der Waals surface area contributed by atoms with E-state index in [2.05, 4.69) is 41.8 Å². The van der Waals surface area contributed by atoms with Gasteiger partial charge in [-0.05, 0) is 47.0 Å². The molecule has 1 aromatic heterocycles. The Bertz CT molecular complexity index is 694. The third-order valence-corrected chi connectivity index (χ3v) is 4.51. The predicted octanol–water partition coefficient (Wildman–Crippen LogP) is 3.69. The van der Waals surface area contributed by atoms with E-state index in [-0.39, 0.29) is 12.0 Å². The quantitative estimate of drug-likeness (QED) is 0.730. The second kappa shape index (κ2) is 7.40. The minimum absolute atomic E-state index is 0.0244. The number of halogens is 2. The molecule has 1 fully saturated rings. The Morgan fingerprint density at radius 3 is 2.74 bits per heavy atom. The minimum atomic E-state index is -0.0824. The first kappa shape index (κ1) is 16.4. The van der Waals surface area contributed by atoms with Crippen molar-refractivity contribution in [1.29, 1.82) is 0 Å². The maximum absolute atomic E-state index is 12.6. The molecule has 0 aliphatic carbocycles. The van der Waals surface area contributed by atoms with Crippen LogP contribution in [0.5, 0.6) is 6.01 Å². The smallest absolute Gasteiger partial charge is 0.316 e. The van der Waals surface area contributed by atoms with Crippen LogP contribution in [0.2, 0.25) is 0 Å². The first-order valence-corrected chi connectivity index (χ1v) is 8.89. The summed E-state index contributed by atoms with van der Waals surface area (Å²) in [6.45, 7) is 1.29. The molecule has 2 heterocycles. The maximum atomic E-state index is 12.6. The molecular formula is C16H15Br2N3O2. The molecule has 120 valence electrons. The predicted molar refractivity (Wildman–Crippen MR) is 93.4 cm³/mol. The van der Waals surface area contributed by atoms with Crippen molar-refractivity contribution in [1.82, 2.24) is 14.9 Å². The molecule has 2 aromatic rings. The van der Waals surface area contributed by atoms with Gasteiger partial charge in [0.05, 0.1) is 11.0 Å². The van der Waals surface area contributed by atoms with Crippen molar-refractivity contribution in [3.05, 3.63) is 51.2 Å². The van der Waals surface area contributed by atoms with Crippen LogP contribution in [0.25, 0.3) is 0 Å². The van der Waals surface area contributed by atoms with Gasteiger partial charge in [-0.2, -0.15) is 0 Å². The van der Waals surface area contributed by atoms with E-state index in [0.717, 1.165) is 28.3 Å². The molecule has 1 atom stereocenters. The van der Waals surface area contributed by atoms with Crippen LogP contribution in [-0.2, 0) is 0 Å². The molecule has 1 aromatic carbocycles. The number of hydrogen-bond donors (Lipinski definition) is 0. The van der Waals surface area contributed by atoms with E-state index in [9.17, 15) is 4.79 Å². The number of nitrogens with zero attached hydrogens (tertiary/aromatic N) is 3. The Kier molecular flexibility index (Phi) is 5.27. The molecule has 7 heteroatoms. The molecule has 1 amide bonds. The number of hydrogen-bond acceptors (Lipinski definition) is 4. The summed E-state index contributed by atoms with van der Waals surface area (Å²) < 4.78 is 7.51. The van der Waals surface area contributed by atoms with Gasteiger partial charge in [-0.25, -0.2) is 9.97 Å².